The number of urea groups is 1. The maximum absolute atomic E-state index is 12.9. The zero-order valence-electron chi connectivity index (χ0n) is 17.1. The molecule has 3 heterocycles. The molecule has 1 aliphatic heterocycles. The van der Waals surface area contributed by atoms with Crippen molar-refractivity contribution in [3.63, 3.8) is 0 Å². The Morgan fingerprint density at radius 2 is 1.74 bits per heavy atom. The van der Waals surface area contributed by atoms with Crippen LogP contribution in [-0.2, 0) is 11.3 Å². The van der Waals surface area contributed by atoms with Crippen molar-refractivity contribution in [3.05, 3.63) is 60.2 Å². The highest BCUT2D eigenvalue weighted by atomic mass is 16.3. The summed E-state index contributed by atoms with van der Waals surface area (Å²) >= 11 is 0. The molecule has 0 saturated carbocycles. The highest BCUT2D eigenvalue weighted by Crippen LogP contribution is 2.20. The number of hydrogen-bond donors (Lipinski definition) is 3. The minimum Gasteiger partial charge on any atom is -0.467 e. The number of nitrogens with one attached hydrogen (secondary N) is 3. The van der Waals surface area contributed by atoms with Crippen molar-refractivity contribution in [2.45, 2.75) is 13.0 Å². The SMILES string of the molecule is O=C(CCNC(=O)N1CCN(C(=O)c2c[nH]c3ccccc23)CC1)NCc1ccco1. The quantitative estimate of drug-likeness (QED) is 0.563. The van der Waals surface area contributed by atoms with Crippen LogP contribution in [0.2, 0.25) is 0 Å². The van der Waals surface area contributed by atoms with Gasteiger partial charge in [-0.05, 0) is 18.2 Å². The predicted octanol–water partition coefficient (Wildman–Crippen LogP) is 1.93. The summed E-state index contributed by atoms with van der Waals surface area (Å²) in [6.45, 7) is 2.41. The van der Waals surface area contributed by atoms with E-state index in [-0.39, 0.29) is 30.8 Å². The van der Waals surface area contributed by atoms with Gasteiger partial charge in [0.1, 0.15) is 5.76 Å². The van der Waals surface area contributed by atoms with Crippen LogP contribution in [0.25, 0.3) is 10.9 Å². The van der Waals surface area contributed by atoms with Gasteiger partial charge < -0.3 is 29.8 Å². The molecule has 4 rings (SSSR count). The Balaban J connectivity index is 1.19. The van der Waals surface area contributed by atoms with Gasteiger partial charge in [-0.15, -0.1) is 0 Å². The predicted molar refractivity (Wildman–Crippen MR) is 114 cm³/mol. The van der Waals surface area contributed by atoms with Crippen LogP contribution in [0.15, 0.2) is 53.3 Å². The van der Waals surface area contributed by atoms with Crippen molar-refractivity contribution in [2.24, 2.45) is 0 Å². The zero-order chi connectivity index (χ0) is 21.6. The van der Waals surface area contributed by atoms with Gasteiger partial charge in [0.15, 0.2) is 0 Å². The smallest absolute Gasteiger partial charge is 0.317 e. The number of amides is 4. The van der Waals surface area contributed by atoms with Gasteiger partial charge in [-0.1, -0.05) is 18.2 Å². The van der Waals surface area contributed by atoms with E-state index in [0.717, 1.165) is 10.9 Å². The number of aromatic nitrogens is 1. The molecule has 4 amide bonds. The first-order valence-electron chi connectivity index (χ1n) is 10.3. The number of hydrogen-bond acceptors (Lipinski definition) is 4. The van der Waals surface area contributed by atoms with E-state index in [0.29, 0.717) is 44.0 Å². The van der Waals surface area contributed by atoms with Crippen LogP contribution < -0.4 is 10.6 Å². The van der Waals surface area contributed by atoms with E-state index >= 15 is 0 Å². The molecule has 0 spiro atoms. The van der Waals surface area contributed by atoms with Gasteiger partial charge in [0.25, 0.3) is 5.91 Å². The van der Waals surface area contributed by atoms with Crippen LogP contribution in [0, 0.1) is 0 Å². The molecule has 0 radical (unpaired) electrons. The van der Waals surface area contributed by atoms with Crippen molar-refractivity contribution in [3.8, 4) is 0 Å². The summed E-state index contributed by atoms with van der Waals surface area (Å²) in [5.41, 5.74) is 1.58. The van der Waals surface area contributed by atoms with Crippen LogP contribution in [0.4, 0.5) is 4.79 Å². The average Bonchev–Trinajstić information content (AvgIpc) is 3.47. The summed E-state index contributed by atoms with van der Waals surface area (Å²) in [5, 5.41) is 6.41. The first kappa shape index (κ1) is 20.5. The topological polar surface area (TPSA) is 111 Å². The summed E-state index contributed by atoms with van der Waals surface area (Å²) < 4.78 is 5.16. The lowest BCUT2D eigenvalue weighted by atomic mass is 10.1. The Bertz CT molecular complexity index is 1050. The number of fused-ring (bicyclic) bond motifs is 1. The first-order valence-corrected chi connectivity index (χ1v) is 10.3. The van der Waals surface area contributed by atoms with E-state index < -0.39 is 0 Å². The van der Waals surface area contributed by atoms with Crippen LogP contribution in [0.3, 0.4) is 0 Å². The Labute approximate surface area is 179 Å². The molecule has 0 unspecified atom stereocenters. The second-order valence-electron chi connectivity index (χ2n) is 7.37. The number of rotatable bonds is 6. The minimum absolute atomic E-state index is 0.0364. The molecule has 162 valence electrons. The van der Waals surface area contributed by atoms with Gasteiger partial charge in [0.05, 0.1) is 18.4 Å². The Hall–Kier alpha value is -3.75. The third kappa shape index (κ3) is 4.88. The summed E-state index contributed by atoms with van der Waals surface area (Å²) in [6.07, 6.45) is 3.48. The lowest BCUT2D eigenvalue weighted by molar-refractivity contribution is -0.121. The first-order chi connectivity index (χ1) is 15.1. The van der Waals surface area contributed by atoms with Crippen molar-refractivity contribution in [1.82, 2.24) is 25.4 Å². The molecule has 1 fully saturated rings. The number of benzene rings is 1. The van der Waals surface area contributed by atoms with Crippen molar-refractivity contribution < 1.29 is 18.8 Å². The van der Waals surface area contributed by atoms with Crippen molar-refractivity contribution >= 4 is 28.7 Å². The van der Waals surface area contributed by atoms with Gasteiger partial charge >= 0.3 is 6.03 Å². The van der Waals surface area contributed by atoms with Crippen LogP contribution >= 0.6 is 0 Å². The highest BCUT2D eigenvalue weighted by Gasteiger charge is 2.26. The fourth-order valence-corrected chi connectivity index (χ4v) is 3.61. The number of H-pyrrole nitrogens is 1. The maximum Gasteiger partial charge on any atom is 0.317 e. The van der Waals surface area contributed by atoms with Crippen molar-refractivity contribution in [1.29, 1.82) is 0 Å². The second kappa shape index (κ2) is 9.38. The molecule has 0 bridgehead atoms. The second-order valence-corrected chi connectivity index (χ2v) is 7.37. The van der Waals surface area contributed by atoms with Crippen LogP contribution in [0.5, 0.6) is 0 Å². The molecular formula is C22H25N5O4. The molecule has 9 nitrogen and oxygen atoms in total. The highest BCUT2D eigenvalue weighted by molar-refractivity contribution is 6.06. The summed E-state index contributed by atoms with van der Waals surface area (Å²) in [5.74, 6) is 0.481. The summed E-state index contributed by atoms with van der Waals surface area (Å²) in [6, 6.07) is 11.0. The van der Waals surface area contributed by atoms with Gasteiger partial charge in [0, 0.05) is 56.2 Å². The third-order valence-electron chi connectivity index (χ3n) is 5.34. The summed E-state index contributed by atoms with van der Waals surface area (Å²) in [4.78, 5) is 43.7. The monoisotopic (exact) mass is 423 g/mol. The zero-order valence-corrected chi connectivity index (χ0v) is 17.1. The van der Waals surface area contributed by atoms with E-state index in [1.54, 1.807) is 34.4 Å². The molecule has 3 N–H and O–H groups in total. The number of carbonyl (C=O) groups is 3. The average molecular weight is 423 g/mol. The van der Waals surface area contributed by atoms with Gasteiger partial charge in [0.2, 0.25) is 5.91 Å². The Kier molecular flexibility index (Phi) is 6.21. The fraction of sp³-hybridized carbons (Fsp3) is 0.318. The molecule has 31 heavy (non-hydrogen) atoms. The fourth-order valence-electron chi connectivity index (χ4n) is 3.61. The molecular weight excluding hydrogens is 398 g/mol. The van der Waals surface area contributed by atoms with Crippen LogP contribution in [-0.4, -0.2) is 65.4 Å². The Morgan fingerprint density at radius 3 is 2.52 bits per heavy atom. The largest absolute Gasteiger partial charge is 0.467 e. The summed E-state index contributed by atoms with van der Waals surface area (Å²) in [7, 11) is 0. The number of furan rings is 1. The number of aromatic amines is 1. The standard InChI is InChI=1S/C22H25N5O4/c28-20(25-14-16-4-3-13-31-16)7-8-23-22(30)27-11-9-26(10-12-27)21(29)18-15-24-19-6-2-1-5-17(18)19/h1-6,13,15,24H,7-12,14H2,(H,23,30)(H,25,28). The van der Waals surface area contributed by atoms with Gasteiger partial charge in [-0.3, -0.25) is 9.59 Å². The number of piperazine rings is 1. The molecule has 2 aromatic heterocycles. The maximum atomic E-state index is 12.9. The molecule has 0 atom stereocenters. The normalized spacial score (nSPS) is 13.9. The number of carbonyl (C=O) groups excluding carboxylic acids is 3. The lowest BCUT2D eigenvalue weighted by Gasteiger charge is -2.34. The number of nitrogens with zero attached hydrogens (tertiary/aromatic N) is 2. The molecule has 1 saturated heterocycles. The lowest BCUT2D eigenvalue weighted by Crippen LogP contribution is -2.53. The molecule has 0 aliphatic carbocycles. The van der Waals surface area contributed by atoms with E-state index in [1.807, 2.05) is 24.3 Å². The molecule has 9 heteroatoms. The number of para-hydroxylation sites is 1. The minimum atomic E-state index is -0.224. The van der Waals surface area contributed by atoms with E-state index in [1.165, 1.54) is 0 Å². The third-order valence-corrected chi connectivity index (χ3v) is 5.34. The van der Waals surface area contributed by atoms with E-state index in [2.05, 4.69) is 15.6 Å². The van der Waals surface area contributed by atoms with Gasteiger partial charge in [-0.25, -0.2) is 4.79 Å². The molecule has 1 aliphatic rings. The molecule has 1 aromatic carbocycles. The van der Waals surface area contributed by atoms with Crippen molar-refractivity contribution in [2.75, 3.05) is 32.7 Å². The van der Waals surface area contributed by atoms with E-state index in [9.17, 15) is 14.4 Å². The molecule has 3 aromatic rings. The van der Waals surface area contributed by atoms with Gasteiger partial charge in [-0.2, -0.15) is 0 Å². The van der Waals surface area contributed by atoms with Crippen LogP contribution in [0.1, 0.15) is 22.5 Å². The van der Waals surface area contributed by atoms with E-state index in [4.69, 9.17) is 4.42 Å². The Morgan fingerprint density at radius 1 is 0.968 bits per heavy atom.